The Morgan fingerprint density at radius 2 is 1.50 bits per heavy atom. The number of fused-ring (bicyclic) bond motifs is 1. The number of halogens is 1. The lowest BCUT2D eigenvalue weighted by molar-refractivity contribution is 0.0926. The average molecular weight is 380 g/mol. The Kier molecular flexibility index (Phi) is 3.41. The first-order chi connectivity index (χ1) is 10.3. The molecule has 0 atom stereocenters. The molecule has 0 N–H and O–H groups in total. The van der Waals surface area contributed by atoms with Gasteiger partial charge in [-0.05, 0) is 46.3 Å². The Morgan fingerprint density at radius 3 is 1.95 bits per heavy atom. The number of rotatable bonds is 2. The van der Waals surface area contributed by atoms with Gasteiger partial charge in [-0.2, -0.15) is 0 Å². The molecule has 1 aliphatic heterocycles. The molecule has 22 heavy (non-hydrogen) atoms. The van der Waals surface area contributed by atoms with Gasteiger partial charge in [-0.25, -0.2) is 13.3 Å². The largest absolute Gasteiger partial charge is 0.268 e. The fraction of sp³-hybridized carbons (Fsp3) is 0.0667. The predicted molar refractivity (Wildman–Crippen MR) is 84.8 cm³/mol. The first-order valence-corrected chi connectivity index (χ1v) is 8.96. The molecule has 0 radical (unpaired) electrons. The quantitative estimate of drug-likeness (QED) is 0.751. The summed E-state index contributed by atoms with van der Waals surface area (Å²) in [6.45, 7) is 0. The topological polar surface area (TPSA) is 71.5 Å². The van der Waals surface area contributed by atoms with E-state index in [2.05, 4.69) is 15.9 Å². The highest BCUT2D eigenvalue weighted by Crippen LogP contribution is 2.34. The van der Waals surface area contributed by atoms with Crippen LogP contribution in [0.15, 0.2) is 51.8 Å². The Balaban J connectivity index is 2.11. The van der Waals surface area contributed by atoms with Gasteiger partial charge in [0, 0.05) is 10.7 Å². The van der Waals surface area contributed by atoms with Gasteiger partial charge in [-0.15, -0.1) is 0 Å². The van der Waals surface area contributed by atoms with E-state index in [1.165, 1.54) is 18.2 Å². The van der Waals surface area contributed by atoms with E-state index in [1.54, 1.807) is 24.3 Å². The SMILES string of the molecule is CS(=O)(=O)c1ccc(N2C(=O)c3ccccc3C2=O)c(Br)c1. The smallest absolute Gasteiger partial charge is 0.266 e. The van der Waals surface area contributed by atoms with Gasteiger partial charge < -0.3 is 0 Å². The number of amides is 2. The third-order valence-corrected chi connectivity index (χ3v) is 5.13. The maximum absolute atomic E-state index is 12.4. The number of carbonyl (C=O) groups excluding carboxylic acids is 2. The van der Waals surface area contributed by atoms with Crippen molar-refractivity contribution in [2.24, 2.45) is 0 Å². The van der Waals surface area contributed by atoms with E-state index >= 15 is 0 Å². The second-order valence-electron chi connectivity index (χ2n) is 4.88. The van der Waals surface area contributed by atoms with Crippen LogP contribution in [0.25, 0.3) is 0 Å². The van der Waals surface area contributed by atoms with Crippen molar-refractivity contribution in [1.82, 2.24) is 0 Å². The zero-order chi connectivity index (χ0) is 16.1. The van der Waals surface area contributed by atoms with E-state index in [1.807, 2.05) is 0 Å². The molecule has 3 rings (SSSR count). The van der Waals surface area contributed by atoms with Crippen LogP contribution in [0.4, 0.5) is 5.69 Å². The fourth-order valence-electron chi connectivity index (χ4n) is 2.31. The molecule has 0 saturated carbocycles. The Hall–Kier alpha value is -1.99. The number of hydrogen-bond acceptors (Lipinski definition) is 4. The van der Waals surface area contributed by atoms with Gasteiger partial charge in [0.15, 0.2) is 9.84 Å². The van der Waals surface area contributed by atoms with Crippen LogP contribution in [0.1, 0.15) is 20.7 Å². The Morgan fingerprint density at radius 1 is 0.955 bits per heavy atom. The van der Waals surface area contributed by atoms with E-state index in [-0.39, 0.29) is 4.90 Å². The van der Waals surface area contributed by atoms with Crippen molar-refractivity contribution in [3.05, 3.63) is 58.1 Å². The average Bonchev–Trinajstić information content (AvgIpc) is 2.71. The van der Waals surface area contributed by atoms with Gasteiger partial charge in [0.1, 0.15) is 0 Å². The van der Waals surface area contributed by atoms with Crippen LogP contribution in [-0.2, 0) is 9.84 Å². The highest BCUT2D eigenvalue weighted by Gasteiger charge is 2.37. The van der Waals surface area contributed by atoms with Crippen LogP contribution in [0.3, 0.4) is 0 Å². The summed E-state index contributed by atoms with van der Waals surface area (Å²) in [6, 6.07) is 10.8. The second kappa shape index (κ2) is 5.03. The molecule has 0 fully saturated rings. The van der Waals surface area contributed by atoms with E-state index in [9.17, 15) is 18.0 Å². The maximum atomic E-state index is 12.4. The number of hydrogen-bond donors (Lipinski definition) is 0. The molecule has 1 heterocycles. The third-order valence-electron chi connectivity index (χ3n) is 3.38. The molecule has 0 bridgehead atoms. The molecule has 1 aliphatic rings. The Labute approximate surface area is 135 Å². The molecule has 7 heteroatoms. The predicted octanol–water partition coefficient (Wildman–Crippen LogP) is 2.65. The minimum absolute atomic E-state index is 0.111. The van der Waals surface area contributed by atoms with E-state index < -0.39 is 21.7 Å². The lowest BCUT2D eigenvalue weighted by Crippen LogP contribution is -2.29. The molecule has 2 aromatic rings. The van der Waals surface area contributed by atoms with Crippen molar-refractivity contribution in [2.75, 3.05) is 11.2 Å². The van der Waals surface area contributed by atoms with Gasteiger partial charge >= 0.3 is 0 Å². The molecular weight excluding hydrogens is 370 g/mol. The summed E-state index contributed by atoms with van der Waals surface area (Å²) in [7, 11) is -3.36. The number of nitrogens with zero attached hydrogens (tertiary/aromatic N) is 1. The van der Waals surface area contributed by atoms with Crippen LogP contribution in [0.5, 0.6) is 0 Å². The summed E-state index contributed by atoms with van der Waals surface area (Å²) in [5, 5.41) is 0. The molecule has 0 unspecified atom stereocenters. The molecule has 0 saturated heterocycles. The summed E-state index contributed by atoms with van der Waals surface area (Å²) >= 11 is 3.24. The van der Waals surface area contributed by atoms with Crippen LogP contribution >= 0.6 is 15.9 Å². The highest BCUT2D eigenvalue weighted by atomic mass is 79.9. The summed E-state index contributed by atoms with van der Waals surface area (Å²) in [5.41, 5.74) is 0.997. The number of carbonyl (C=O) groups is 2. The molecule has 0 spiro atoms. The van der Waals surface area contributed by atoms with Gasteiger partial charge in [-0.1, -0.05) is 12.1 Å². The zero-order valence-corrected chi connectivity index (χ0v) is 13.8. The Bertz CT molecular complexity index is 886. The number of anilines is 1. The van der Waals surface area contributed by atoms with Crippen molar-refractivity contribution in [1.29, 1.82) is 0 Å². The number of imide groups is 1. The van der Waals surface area contributed by atoms with Gasteiger partial charge in [0.05, 0.1) is 21.7 Å². The fourth-order valence-corrected chi connectivity index (χ4v) is 3.66. The number of benzene rings is 2. The monoisotopic (exact) mass is 379 g/mol. The lowest BCUT2D eigenvalue weighted by atomic mass is 10.1. The maximum Gasteiger partial charge on any atom is 0.266 e. The van der Waals surface area contributed by atoms with Crippen molar-refractivity contribution in [3.8, 4) is 0 Å². The minimum atomic E-state index is -3.36. The van der Waals surface area contributed by atoms with Gasteiger partial charge in [0.25, 0.3) is 11.8 Å². The van der Waals surface area contributed by atoms with E-state index in [4.69, 9.17) is 0 Å². The molecule has 2 amide bonds. The van der Waals surface area contributed by atoms with Gasteiger partial charge in [0.2, 0.25) is 0 Å². The first kappa shape index (κ1) is 14.9. The highest BCUT2D eigenvalue weighted by molar-refractivity contribution is 9.10. The van der Waals surface area contributed by atoms with Crippen LogP contribution in [0.2, 0.25) is 0 Å². The van der Waals surface area contributed by atoms with Crippen molar-refractivity contribution in [2.45, 2.75) is 4.90 Å². The van der Waals surface area contributed by atoms with Gasteiger partial charge in [-0.3, -0.25) is 9.59 Å². The molecule has 0 aliphatic carbocycles. The van der Waals surface area contributed by atoms with Crippen LogP contribution in [-0.4, -0.2) is 26.5 Å². The van der Waals surface area contributed by atoms with E-state index in [0.717, 1.165) is 11.2 Å². The second-order valence-corrected chi connectivity index (χ2v) is 7.75. The minimum Gasteiger partial charge on any atom is -0.268 e. The summed E-state index contributed by atoms with van der Waals surface area (Å²) in [4.78, 5) is 26.0. The van der Waals surface area contributed by atoms with Crippen LogP contribution < -0.4 is 4.90 Å². The lowest BCUT2D eigenvalue weighted by Gasteiger charge is -2.16. The molecule has 112 valence electrons. The van der Waals surface area contributed by atoms with Crippen LogP contribution in [0, 0.1) is 0 Å². The normalized spacial score (nSPS) is 14.4. The molecule has 2 aromatic carbocycles. The summed E-state index contributed by atoms with van der Waals surface area (Å²) in [6.07, 6.45) is 1.09. The van der Waals surface area contributed by atoms with Crippen molar-refractivity contribution >= 4 is 43.3 Å². The summed E-state index contributed by atoms with van der Waals surface area (Å²) < 4.78 is 23.5. The van der Waals surface area contributed by atoms with E-state index in [0.29, 0.717) is 21.3 Å². The standard InChI is InChI=1S/C15H10BrNO4S/c1-22(20,21)9-6-7-13(12(16)8-9)17-14(18)10-4-2-3-5-11(10)15(17)19/h2-8H,1H3. The molecule has 5 nitrogen and oxygen atoms in total. The molecule has 0 aromatic heterocycles. The third kappa shape index (κ3) is 2.26. The summed E-state index contributed by atoms with van der Waals surface area (Å²) in [5.74, 6) is -0.846. The van der Waals surface area contributed by atoms with Crippen molar-refractivity contribution in [3.63, 3.8) is 0 Å². The van der Waals surface area contributed by atoms with Crippen molar-refractivity contribution < 1.29 is 18.0 Å². The first-order valence-electron chi connectivity index (χ1n) is 6.28. The zero-order valence-electron chi connectivity index (χ0n) is 11.4. The number of sulfone groups is 1. The molecular formula is C15H10BrNO4S.